The molecule has 1 aliphatic heterocycles. The first-order valence-corrected chi connectivity index (χ1v) is 7.50. The number of rotatable bonds is 5. The van der Waals surface area contributed by atoms with E-state index in [1.165, 1.54) is 5.69 Å². The molecule has 0 saturated carbocycles. The molecule has 1 fully saturated rings. The van der Waals surface area contributed by atoms with Crippen LogP contribution in [0.25, 0.3) is 0 Å². The van der Waals surface area contributed by atoms with Gasteiger partial charge in [-0.1, -0.05) is 6.92 Å². The highest BCUT2D eigenvalue weighted by molar-refractivity contribution is 5.74. The van der Waals surface area contributed by atoms with Crippen molar-refractivity contribution in [3.8, 4) is 0 Å². The summed E-state index contributed by atoms with van der Waals surface area (Å²) in [4.78, 5) is 13.7. The van der Waals surface area contributed by atoms with Gasteiger partial charge in [0.2, 0.25) is 0 Å². The van der Waals surface area contributed by atoms with Crippen LogP contribution in [0.15, 0.2) is 6.07 Å². The molecule has 1 saturated heterocycles. The van der Waals surface area contributed by atoms with E-state index in [9.17, 15) is 9.90 Å². The second-order valence-corrected chi connectivity index (χ2v) is 5.98. The monoisotopic (exact) mass is 279 g/mol. The zero-order chi connectivity index (χ0) is 14.8. The van der Waals surface area contributed by atoms with Crippen molar-refractivity contribution in [1.82, 2.24) is 14.7 Å². The molecular weight excluding hydrogens is 254 g/mol. The molecule has 0 aromatic carbocycles. The third-order valence-electron chi connectivity index (χ3n) is 4.25. The Bertz CT molecular complexity index is 483. The number of hydrogen-bond acceptors (Lipinski definition) is 3. The molecule has 0 amide bonds. The van der Waals surface area contributed by atoms with E-state index in [1.54, 1.807) is 0 Å². The van der Waals surface area contributed by atoms with Gasteiger partial charge in [-0.25, -0.2) is 0 Å². The highest BCUT2D eigenvalue weighted by Crippen LogP contribution is 2.30. The van der Waals surface area contributed by atoms with E-state index >= 15 is 0 Å². The minimum Gasteiger partial charge on any atom is -0.481 e. The van der Waals surface area contributed by atoms with Gasteiger partial charge in [0, 0.05) is 19.6 Å². The zero-order valence-corrected chi connectivity index (χ0v) is 12.7. The van der Waals surface area contributed by atoms with Gasteiger partial charge in [0.15, 0.2) is 0 Å². The predicted octanol–water partition coefficient (Wildman–Crippen LogP) is 2.15. The first-order valence-electron chi connectivity index (χ1n) is 7.50. The number of aliphatic carboxylic acids is 1. The molecule has 0 spiro atoms. The van der Waals surface area contributed by atoms with Gasteiger partial charge < -0.3 is 5.11 Å². The summed E-state index contributed by atoms with van der Waals surface area (Å²) < 4.78 is 2.03. The van der Waals surface area contributed by atoms with Crippen molar-refractivity contribution in [1.29, 1.82) is 0 Å². The molecule has 1 aromatic rings. The molecule has 20 heavy (non-hydrogen) atoms. The van der Waals surface area contributed by atoms with E-state index in [0.29, 0.717) is 6.54 Å². The largest absolute Gasteiger partial charge is 0.481 e. The Morgan fingerprint density at radius 3 is 2.85 bits per heavy atom. The summed E-state index contributed by atoms with van der Waals surface area (Å²) in [5.41, 5.74) is 1.70. The van der Waals surface area contributed by atoms with Crippen molar-refractivity contribution in [3.05, 3.63) is 17.5 Å². The number of aromatic nitrogens is 2. The highest BCUT2D eigenvalue weighted by Gasteiger charge is 2.37. The van der Waals surface area contributed by atoms with Crippen LogP contribution in [-0.2, 0) is 24.3 Å². The van der Waals surface area contributed by atoms with Crippen LogP contribution in [0.3, 0.4) is 0 Å². The van der Waals surface area contributed by atoms with Crippen LogP contribution in [0, 0.1) is 5.41 Å². The second kappa shape index (κ2) is 5.95. The van der Waals surface area contributed by atoms with Crippen molar-refractivity contribution in [2.45, 2.75) is 53.1 Å². The van der Waals surface area contributed by atoms with Gasteiger partial charge >= 0.3 is 5.97 Å². The fourth-order valence-corrected chi connectivity index (χ4v) is 2.97. The summed E-state index contributed by atoms with van der Waals surface area (Å²) in [6.07, 6.45) is 2.66. The molecule has 1 aromatic heterocycles. The van der Waals surface area contributed by atoms with Crippen molar-refractivity contribution < 1.29 is 9.90 Å². The van der Waals surface area contributed by atoms with Crippen LogP contribution < -0.4 is 0 Å². The molecule has 2 heterocycles. The van der Waals surface area contributed by atoms with E-state index in [-0.39, 0.29) is 0 Å². The molecule has 1 atom stereocenters. The van der Waals surface area contributed by atoms with Gasteiger partial charge in [0.05, 0.1) is 16.8 Å². The number of carboxylic acids is 1. The lowest BCUT2D eigenvalue weighted by Crippen LogP contribution is -2.45. The Hall–Kier alpha value is -1.36. The Balaban J connectivity index is 2.09. The van der Waals surface area contributed by atoms with Crippen LogP contribution in [-0.4, -0.2) is 38.8 Å². The Labute approximate surface area is 120 Å². The molecular formula is C15H25N3O2. The van der Waals surface area contributed by atoms with E-state index in [4.69, 9.17) is 0 Å². The SMILES string of the molecule is CCc1cc(CN2CCCC(C)(C(=O)O)C2)n(CC)n1. The minimum atomic E-state index is -0.680. The summed E-state index contributed by atoms with van der Waals surface area (Å²) in [6.45, 7) is 9.30. The van der Waals surface area contributed by atoms with Gasteiger partial charge in [-0.3, -0.25) is 14.4 Å². The first-order chi connectivity index (χ1) is 9.48. The third-order valence-corrected chi connectivity index (χ3v) is 4.25. The normalized spacial score (nSPS) is 23.9. The van der Waals surface area contributed by atoms with Crippen LogP contribution in [0.1, 0.15) is 45.0 Å². The fraction of sp³-hybridized carbons (Fsp3) is 0.733. The summed E-state index contributed by atoms with van der Waals surface area (Å²) in [5, 5.41) is 13.9. The minimum absolute atomic E-state index is 0.608. The third kappa shape index (κ3) is 3.03. The number of likely N-dealkylation sites (tertiary alicyclic amines) is 1. The maximum atomic E-state index is 11.4. The van der Waals surface area contributed by atoms with Crippen molar-refractivity contribution in [2.24, 2.45) is 5.41 Å². The molecule has 1 aliphatic rings. The Morgan fingerprint density at radius 1 is 1.50 bits per heavy atom. The topological polar surface area (TPSA) is 58.4 Å². The number of hydrogen-bond donors (Lipinski definition) is 1. The van der Waals surface area contributed by atoms with E-state index in [0.717, 1.165) is 44.6 Å². The van der Waals surface area contributed by atoms with Crippen LogP contribution in [0.4, 0.5) is 0 Å². The number of nitrogens with zero attached hydrogens (tertiary/aromatic N) is 3. The van der Waals surface area contributed by atoms with Crippen LogP contribution >= 0.6 is 0 Å². The maximum Gasteiger partial charge on any atom is 0.310 e. The standard InChI is InChI=1S/C15H25N3O2/c1-4-12-9-13(18(5-2)16-12)10-17-8-6-7-15(3,11-17)14(19)20/h9H,4-8,10-11H2,1-3H3,(H,19,20). The molecule has 0 bridgehead atoms. The van der Waals surface area contributed by atoms with Crippen LogP contribution in [0.2, 0.25) is 0 Å². The fourth-order valence-electron chi connectivity index (χ4n) is 2.97. The number of carbonyl (C=O) groups is 1. The highest BCUT2D eigenvalue weighted by atomic mass is 16.4. The average molecular weight is 279 g/mol. The lowest BCUT2D eigenvalue weighted by atomic mass is 9.82. The Kier molecular flexibility index (Phi) is 4.48. The lowest BCUT2D eigenvalue weighted by Gasteiger charge is -2.37. The summed E-state index contributed by atoms with van der Waals surface area (Å²) >= 11 is 0. The average Bonchev–Trinajstić information content (AvgIpc) is 2.81. The van der Waals surface area contributed by atoms with E-state index in [1.807, 2.05) is 11.6 Å². The van der Waals surface area contributed by atoms with Crippen molar-refractivity contribution >= 4 is 5.97 Å². The first kappa shape index (κ1) is 15.0. The molecule has 5 heteroatoms. The summed E-state index contributed by atoms with van der Waals surface area (Å²) in [5.74, 6) is -0.680. The number of piperidine rings is 1. The van der Waals surface area contributed by atoms with Gasteiger partial charge in [-0.05, 0) is 45.7 Å². The molecule has 0 aliphatic carbocycles. The quantitative estimate of drug-likeness (QED) is 0.897. The molecule has 1 unspecified atom stereocenters. The van der Waals surface area contributed by atoms with Gasteiger partial charge in [0.1, 0.15) is 0 Å². The Morgan fingerprint density at radius 2 is 2.25 bits per heavy atom. The van der Waals surface area contributed by atoms with E-state index in [2.05, 4.69) is 29.9 Å². The van der Waals surface area contributed by atoms with Gasteiger partial charge in [0.25, 0.3) is 0 Å². The molecule has 0 radical (unpaired) electrons. The van der Waals surface area contributed by atoms with E-state index < -0.39 is 11.4 Å². The van der Waals surface area contributed by atoms with Crippen molar-refractivity contribution in [3.63, 3.8) is 0 Å². The van der Waals surface area contributed by atoms with Gasteiger partial charge in [-0.15, -0.1) is 0 Å². The van der Waals surface area contributed by atoms with Crippen molar-refractivity contribution in [2.75, 3.05) is 13.1 Å². The predicted molar refractivity (Wildman–Crippen MR) is 77.5 cm³/mol. The smallest absolute Gasteiger partial charge is 0.310 e. The summed E-state index contributed by atoms with van der Waals surface area (Å²) in [7, 11) is 0. The molecule has 112 valence electrons. The second-order valence-electron chi connectivity index (χ2n) is 5.98. The molecule has 5 nitrogen and oxygen atoms in total. The number of carboxylic acid groups (broad SMARTS) is 1. The summed E-state index contributed by atoms with van der Waals surface area (Å²) in [6, 6.07) is 2.15. The lowest BCUT2D eigenvalue weighted by molar-refractivity contribution is -0.151. The zero-order valence-electron chi connectivity index (χ0n) is 12.7. The maximum absolute atomic E-state index is 11.4. The molecule has 1 N–H and O–H groups in total. The number of aryl methyl sites for hydroxylation is 2. The molecule has 2 rings (SSSR count). The van der Waals surface area contributed by atoms with Crippen LogP contribution in [0.5, 0.6) is 0 Å². The van der Waals surface area contributed by atoms with Gasteiger partial charge in [-0.2, -0.15) is 5.10 Å².